The summed E-state index contributed by atoms with van der Waals surface area (Å²) in [4.78, 5) is 5.13. The molecule has 1 aromatic heterocycles. The summed E-state index contributed by atoms with van der Waals surface area (Å²) in [6.07, 6.45) is 1.88. The summed E-state index contributed by atoms with van der Waals surface area (Å²) in [6, 6.07) is 21.0. The van der Waals surface area contributed by atoms with E-state index in [1.807, 2.05) is 12.1 Å². The van der Waals surface area contributed by atoms with E-state index in [4.69, 9.17) is 4.98 Å². The zero-order valence-corrected chi connectivity index (χ0v) is 18.8. The van der Waals surface area contributed by atoms with Gasteiger partial charge in [-0.2, -0.15) is 0 Å². The largest absolute Gasteiger partial charge is 0.391 e. The molecular formula is C26H34N4O. The van der Waals surface area contributed by atoms with E-state index >= 15 is 0 Å². The van der Waals surface area contributed by atoms with E-state index in [2.05, 4.69) is 90.7 Å². The van der Waals surface area contributed by atoms with Crippen molar-refractivity contribution in [3.8, 4) is 11.3 Å². The summed E-state index contributed by atoms with van der Waals surface area (Å²) in [5, 5.41) is 17.3. The number of rotatable bonds is 7. The maximum Gasteiger partial charge on any atom is 0.127 e. The van der Waals surface area contributed by atoms with Crippen LogP contribution in [0.5, 0.6) is 0 Å². The summed E-state index contributed by atoms with van der Waals surface area (Å²) >= 11 is 0. The third kappa shape index (κ3) is 5.24. The first kappa shape index (κ1) is 21.8. The van der Waals surface area contributed by atoms with Crippen molar-refractivity contribution in [3.05, 3.63) is 78.2 Å². The fourth-order valence-electron chi connectivity index (χ4n) is 4.30. The fraction of sp³-hybridized carbons (Fsp3) is 0.423. The van der Waals surface area contributed by atoms with Gasteiger partial charge in [0.05, 0.1) is 17.8 Å². The topological polar surface area (TPSA) is 62.1 Å². The van der Waals surface area contributed by atoms with Crippen LogP contribution in [0.15, 0.2) is 66.9 Å². The number of nitrogens with zero attached hydrogens (tertiary/aromatic N) is 2. The molecule has 2 aromatic carbocycles. The van der Waals surface area contributed by atoms with Crippen LogP contribution in [-0.4, -0.2) is 40.4 Å². The Kier molecular flexibility index (Phi) is 6.56. The number of aliphatic hydroxyl groups excluding tert-OH is 1. The predicted molar refractivity (Wildman–Crippen MR) is 126 cm³/mol. The molecule has 0 aliphatic carbocycles. The van der Waals surface area contributed by atoms with Crippen molar-refractivity contribution in [2.75, 3.05) is 19.6 Å². The second-order valence-electron chi connectivity index (χ2n) is 9.66. The third-order valence-corrected chi connectivity index (χ3v) is 6.09. The Morgan fingerprint density at radius 2 is 1.74 bits per heavy atom. The number of nitrogens with one attached hydrogen (secondary N) is 2. The van der Waals surface area contributed by atoms with Crippen molar-refractivity contribution < 1.29 is 5.11 Å². The van der Waals surface area contributed by atoms with E-state index in [0.29, 0.717) is 6.54 Å². The van der Waals surface area contributed by atoms with E-state index in [-0.39, 0.29) is 23.5 Å². The second kappa shape index (κ2) is 9.35. The first-order chi connectivity index (χ1) is 14.9. The van der Waals surface area contributed by atoms with E-state index in [0.717, 1.165) is 36.7 Å². The normalized spacial score (nSPS) is 20.1. The predicted octanol–water partition coefficient (Wildman–Crippen LogP) is 3.86. The molecule has 3 aromatic rings. The maximum atomic E-state index is 10.3. The molecule has 4 rings (SSSR count). The Bertz CT molecular complexity index is 962. The smallest absolute Gasteiger partial charge is 0.127 e. The van der Waals surface area contributed by atoms with Gasteiger partial charge in [-0.25, -0.2) is 4.98 Å². The van der Waals surface area contributed by atoms with Crippen LogP contribution in [0.25, 0.3) is 11.3 Å². The lowest BCUT2D eigenvalue weighted by molar-refractivity contribution is 0.137. The highest BCUT2D eigenvalue weighted by atomic mass is 16.3. The minimum Gasteiger partial charge on any atom is -0.391 e. The highest BCUT2D eigenvalue weighted by Gasteiger charge is 2.33. The van der Waals surface area contributed by atoms with Crippen molar-refractivity contribution in [3.63, 3.8) is 0 Å². The number of aromatic nitrogens is 2. The summed E-state index contributed by atoms with van der Waals surface area (Å²) in [6.45, 7) is 9.80. The number of β-amino-alcohol motifs (C(OH)–C–C–N with tert-alkyl or cyclic N) is 1. The molecule has 1 aliphatic rings. The molecular weight excluding hydrogens is 384 g/mol. The molecule has 164 valence electrons. The highest BCUT2D eigenvalue weighted by molar-refractivity contribution is 5.58. The molecule has 0 unspecified atom stereocenters. The summed E-state index contributed by atoms with van der Waals surface area (Å²) < 4.78 is 2.28. The summed E-state index contributed by atoms with van der Waals surface area (Å²) in [5.41, 5.74) is 3.33. The van der Waals surface area contributed by atoms with Crippen molar-refractivity contribution in [2.24, 2.45) is 11.3 Å². The Labute approximate surface area is 185 Å². The molecule has 0 spiro atoms. The van der Waals surface area contributed by atoms with Gasteiger partial charge in [0.25, 0.3) is 0 Å². The van der Waals surface area contributed by atoms with E-state index in [1.165, 1.54) is 5.56 Å². The summed E-state index contributed by atoms with van der Waals surface area (Å²) in [7, 11) is 0. The van der Waals surface area contributed by atoms with Gasteiger partial charge in [-0.3, -0.25) is 0 Å². The minimum absolute atomic E-state index is 0.0370. The van der Waals surface area contributed by atoms with Crippen molar-refractivity contribution in [1.82, 2.24) is 20.2 Å². The molecule has 5 heteroatoms. The molecule has 1 fully saturated rings. The van der Waals surface area contributed by atoms with Gasteiger partial charge in [0.2, 0.25) is 0 Å². The standard InChI is InChI=1S/C26H34N4O/c1-26(2,3)24(28-15-21-14-27-16-23(21)31)25-29-22(20-12-8-5-9-13-20)18-30(25)17-19-10-6-4-7-11-19/h4-13,18,21,23-24,27-28,31H,14-17H2,1-3H3/t21-,23+,24+/m1/s1. The molecule has 1 aliphatic heterocycles. The first-order valence-electron chi connectivity index (χ1n) is 11.2. The zero-order valence-electron chi connectivity index (χ0n) is 18.8. The van der Waals surface area contributed by atoms with Crippen molar-refractivity contribution >= 4 is 0 Å². The molecule has 3 N–H and O–H groups in total. The average molecular weight is 419 g/mol. The van der Waals surface area contributed by atoms with Gasteiger partial charge >= 0.3 is 0 Å². The number of benzene rings is 2. The Morgan fingerprint density at radius 1 is 1.06 bits per heavy atom. The Morgan fingerprint density at radius 3 is 2.35 bits per heavy atom. The van der Waals surface area contributed by atoms with E-state index in [9.17, 15) is 5.11 Å². The van der Waals surface area contributed by atoms with Gasteiger partial charge in [0.1, 0.15) is 5.82 Å². The molecule has 3 atom stereocenters. The fourth-order valence-corrected chi connectivity index (χ4v) is 4.30. The monoisotopic (exact) mass is 418 g/mol. The van der Waals surface area contributed by atoms with Gasteiger partial charge < -0.3 is 20.3 Å². The van der Waals surface area contributed by atoms with Crippen molar-refractivity contribution in [2.45, 2.75) is 39.5 Å². The number of hydrogen-bond acceptors (Lipinski definition) is 4. The molecule has 31 heavy (non-hydrogen) atoms. The van der Waals surface area contributed by atoms with Crippen LogP contribution >= 0.6 is 0 Å². The van der Waals surface area contributed by atoms with Gasteiger partial charge in [-0.15, -0.1) is 0 Å². The van der Waals surface area contributed by atoms with Gasteiger partial charge in [-0.05, 0) is 11.0 Å². The molecule has 0 radical (unpaired) electrons. The maximum absolute atomic E-state index is 10.3. The lowest BCUT2D eigenvalue weighted by Crippen LogP contribution is -2.39. The van der Waals surface area contributed by atoms with E-state index in [1.54, 1.807) is 0 Å². The average Bonchev–Trinajstić information content (AvgIpc) is 3.35. The van der Waals surface area contributed by atoms with Gasteiger partial charge in [0, 0.05) is 43.9 Å². The Hall–Kier alpha value is -2.47. The summed E-state index contributed by atoms with van der Waals surface area (Å²) in [5.74, 6) is 1.26. The lowest BCUT2D eigenvalue weighted by atomic mass is 9.85. The molecule has 2 heterocycles. The molecule has 5 nitrogen and oxygen atoms in total. The quantitative estimate of drug-likeness (QED) is 0.545. The van der Waals surface area contributed by atoms with Crippen LogP contribution in [0.2, 0.25) is 0 Å². The van der Waals surface area contributed by atoms with Crippen LogP contribution < -0.4 is 10.6 Å². The van der Waals surface area contributed by atoms with Crippen molar-refractivity contribution in [1.29, 1.82) is 0 Å². The minimum atomic E-state index is -0.294. The van der Waals surface area contributed by atoms with Crippen LogP contribution in [0.3, 0.4) is 0 Å². The molecule has 1 saturated heterocycles. The number of hydrogen-bond donors (Lipinski definition) is 3. The lowest BCUT2D eigenvalue weighted by Gasteiger charge is -2.33. The Balaban J connectivity index is 1.68. The number of aliphatic hydroxyl groups is 1. The van der Waals surface area contributed by atoms with Gasteiger partial charge in [-0.1, -0.05) is 81.4 Å². The highest BCUT2D eigenvalue weighted by Crippen LogP contribution is 2.34. The SMILES string of the molecule is CC(C)(C)[C@@H](NC[C@H]1CNC[C@@H]1O)c1nc(-c2ccccc2)cn1Cc1ccccc1. The second-order valence-corrected chi connectivity index (χ2v) is 9.66. The molecule has 0 saturated carbocycles. The van der Waals surface area contributed by atoms with Gasteiger partial charge in [0.15, 0.2) is 0 Å². The number of imidazole rings is 1. The van der Waals surface area contributed by atoms with Crippen LogP contribution in [0.1, 0.15) is 38.2 Å². The van der Waals surface area contributed by atoms with E-state index < -0.39 is 0 Å². The van der Waals surface area contributed by atoms with Crippen LogP contribution in [0, 0.1) is 11.3 Å². The molecule has 0 amide bonds. The molecule has 0 bridgehead atoms. The third-order valence-electron chi connectivity index (χ3n) is 6.09. The first-order valence-corrected chi connectivity index (χ1v) is 11.2. The zero-order chi connectivity index (χ0) is 21.8. The van der Waals surface area contributed by atoms with Crippen LogP contribution in [0.4, 0.5) is 0 Å². The van der Waals surface area contributed by atoms with Crippen LogP contribution in [-0.2, 0) is 6.54 Å².